The molecule has 31 heavy (non-hydrogen) atoms. The van der Waals surface area contributed by atoms with Crippen molar-refractivity contribution < 1.29 is 14.3 Å². The Hall–Kier alpha value is -2.60. The summed E-state index contributed by atoms with van der Waals surface area (Å²) in [6.45, 7) is 2.33. The number of furan rings is 1. The quantitative estimate of drug-likeness (QED) is 0.563. The number of nitrogens with zero attached hydrogens (tertiary/aromatic N) is 1. The Bertz CT molecular complexity index is 980. The fourth-order valence-corrected chi connectivity index (χ4v) is 4.16. The highest BCUT2D eigenvalue weighted by atomic mass is 35.5. The van der Waals surface area contributed by atoms with Crippen LogP contribution in [-0.2, 0) is 11.3 Å². The molecule has 0 radical (unpaired) electrons. The number of rotatable bonds is 7. The fourth-order valence-electron chi connectivity index (χ4n) is 4.04. The highest BCUT2D eigenvalue weighted by Crippen LogP contribution is 2.30. The Morgan fingerprint density at radius 2 is 1.77 bits per heavy atom. The van der Waals surface area contributed by atoms with Crippen molar-refractivity contribution in [3.05, 3.63) is 83.1 Å². The van der Waals surface area contributed by atoms with E-state index in [4.69, 9.17) is 16.0 Å². The molecule has 0 saturated carbocycles. The predicted octanol–water partition coefficient (Wildman–Crippen LogP) is 4.66. The highest BCUT2D eigenvalue weighted by molar-refractivity contribution is 6.30. The van der Waals surface area contributed by atoms with Crippen LogP contribution in [-0.4, -0.2) is 35.5 Å². The fraction of sp³-hybridized carbons (Fsp3) is 0.320. The minimum atomic E-state index is -0.439. The van der Waals surface area contributed by atoms with E-state index < -0.39 is 6.10 Å². The number of carbonyl (C=O) groups excluding carboxylic acids is 1. The zero-order chi connectivity index (χ0) is 21.6. The van der Waals surface area contributed by atoms with E-state index in [1.807, 2.05) is 66.7 Å². The van der Waals surface area contributed by atoms with Crippen LogP contribution in [0.2, 0.25) is 5.02 Å². The molecular formula is C25H27ClN2O3. The predicted molar refractivity (Wildman–Crippen MR) is 122 cm³/mol. The Balaban J connectivity index is 1.21. The van der Waals surface area contributed by atoms with Gasteiger partial charge in [0.15, 0.2) is 0 Å². The standard InChI is InChI=1S/C25H27ClN2O3/c26-21-8-6-18(7-9-21)23-11-10-22(31-23)16-27-24(29)17-28-14-12-20(13-15-28)25(30)19-4-2-1-3-5-19/h1-11,20,25,30H,12-17H2,(H,27,29)/t25-/m0/s1. The van der Waals surface area contributed by atoms with E-state index in [-0.39, 0.29) is 11.8 Å². The van der Waals surface area contributed by atoms with Crippen LogP contribution in [0, 0.1) is 5.92 Å². The summed E-state index contributed by atoms with van der Waals surface area (Å²) in [7, 11) is 0. The first-order valence-electron chi connectivity index (χ1n) is 10.7. The Labute approximate surface area is 187 Å². The van der Waals surface area contributed by atoms with Gasteiger partial charge in [0, 0.05) is 10.6 Å². The molecule has 2 N–H and O–H groups in total. The number of halogens is 1. The molecule has 0 aliphatic carbocycles. The van der Waals surface area contributed by atoms with Crippen molar-refractivity contribution in [2.75, 3.05) is 19.6 Å². The van der Waals surface area contributed by atoms with E-state index in [0.29, 0.717) is 23.9 Å². The van der Waals surface area contributed by atoms with Gasteiger partial charge in [-0.05, 0) is 73.8 Å². The number of likely N-dealkylation sites (tertiary alicyclic amines) is 1. The lowest BCUT2D eigenvalue weighted by molar-refractivity contribution is -0.123. The molecule has 1 aliphatic rings. The number of hydrogen-bond acceptors (Lipinski definition) is 4. The summed E-state index contributed by atoms with van der Waals surface area (Å²) in [6, 6.07) is 21.0. The van der Waals surface area contributed by atoms with Gasteiger partial charge in [0.25, 0.3) is 0 Å². The molecular weight excluding hydrogens is 412 g/mol. The third-order valence-electron chi connectivity index (χ3n) is 5.84. The average Bonchev–Trinajstić information content (AvgIpc) is 3.28. The van der Waals surface area contributed by atoms with Gasteiger partial charge in [-0.3, -0.25) is 9.69 Å². The van der Waals surface area contributed by atoms with Gasteiger partial charge in [-0.1, -0.05) is 41.9 Å². The maximum absolute atomic E-state index is 12.4. The second-order valence-electron chi connectivity index (χ2n) is 8.02. The minimum Gasteiger partial charge on any atom is -0.459 e. The molecule has 2 heterocycles. The molecule has 4 rings (SSSR count). The zero-order valence-corrected chi connectivity index (χ0v) is 18.1. The van der Waals surface area contributed by atoms with Crippen molar-refractivity contribution in [1.29, 1.82) is 0 Å². The van der Waals surface area contributed by atoms with Crippen LogP contribution in [0.15, 0.2) is 71.1 Å². The van der Waals surface area contributed by atoms with E-state index in [9.17, 15) is 9.90 Å². The molecule has 162 valence electrons. The van der Waals surface area contributed by atoms with Crippen molar-refractivity contribution in [2.24, 2.45) is 5.92 Å². The Morgan fingerprint density at radius 1 is 1.06 bits per heavy atom. The summed E-state index contributed by atoms with van der Waals surface area (Å²) >= 11 is 5.93. The Kier molecular flexibility index (Phi) is 7.07. The molecule has 6 heteroatoms. The first kappa shape index (κ1) is 21.6. The molecule has 3 aromatic rings. The third kappa shape index (κ3) is 5.76. The number of nitrogens with one attached hydrogen (secondary N) is 1. The van der Waals surface area contributed by atoms with Crippen LogP contribution >= 0.6 is 11.6 Å². The number of hydrogen-bond donors (Lipinski definition) is 2. The summed E-state index contributed by atoms with van der Waals surface area (Å²) < 4.78 is 5.83. The van der Waals surface area contributed by atoms with Crippen LogP contribution in [0.25, 0.3) is 11.3 Å². The lowest BCUT2D eigenvalue weighted by atomic mass is 9.87. The molecule has 0 unspecified atom stereocenters. The summed E-state index contributed by atoms with van der Waals surface area (Å²) in [5.74, 6) is 1.67. The summed E-state index contributed by atoms with van der Waals surface area (Å²) in [5.41, 5.74) is 1.91. The smallest absolute Gasteiger partial charge is 0.234 e. The van der Waals surface area contributed by atoms with E-state index in [1.54, 1.807) is 0 Å². The molecule has 0 bridgehead atoms. The maximum atomic E-state index is 12.4. The third-order valence-corrected chi connectivity index (χ3v) is 6.09. The number of carbonyl (C=O) groups is 1. The lowest BCUT2D eigenvalue weighted by Crippen LogP contribution is -2.42. The second-order valence-corrected chi connectivity index (χ2v) is 8.46. The van der Waals surface area contributed by atoms with Crippen LogP contribution in [0.1, 0.15) is 30.3 Å². The first-order valence-corrected chi connectivity index (χ1v) is 11.0. The molecule has 1 amide bonds. The number of aliphatic hydroxyl groups is 1. The van der Waals surface area contributed by atoms with Crippen molar-refractivity contribution in [3.63, 3.8) is 0 Å². The SMILES string of the molecule is O=C(CN1CCC([C@@H](O)c2ccccc2)CC1)NCc1ccc(-c2ccc(Cl)cc2)o1. The molecule has 1 atom stereocenters. The normalized spacial score (nSPS) is 16.2. The van der Waals surface area contributed by atoms with Gasteiger partial charge < -0.3 is 14.8 Å². The molecule has 1 aliphatic heterocycles. The molecule has 1 fully saturated rings. The van der Waals surface area contributed by atoms with Crippen LogP contribution in [0.3, 0.4) is 0 Å². The monoisotopic (exact) mass is 438 g/mol. The molecule has 1 saturated heterocycles. The van der Waals surface area contributed by atoms with E-state index in [0.717, 1.165) is 42.8 Å². The molecule has 1 aromatic heterocycles. The van der Waals surface area contributed by atoms with E-state index >= 15 is 0 Å². The van der Waals surface area contributed by atoms with Gasteiger partial charge in [-0.15, -0.1) is 0 Å². The number of amides is 1. The van der Waals surface area contributed by atoms with Gasteiger partial charge in [0.05, 0.1) is 19.2 Å². The van der Waals surface area contributed by atoms with Crippen molar-refractivity contribution in [2.45, 2.75) is 25.5 Å². The van der Waals surface area contributed by atoms with Gasteiger partial charge in [0.1, 0.15) is 11.5 Å². The van der Waals surface area contributed by atoms with E-state index in [1.165, 1.54) is 0 Å². The summed E-state index contributed by atoms with van der Waals surface area (Å²) in [5, 5.41) is 14.2. The zero-order valence-electron chi connectivity index (χ0n) is 17.3. The molecule has 2 aromatic carbocycles. The van der Waals surface area contributed by atoms with Crippen molar-refractivity contribution >= 4 is 17.5 Å². The van der Waals surface area contributed by atoms with Crippen LogP contribution in [0.4, 0.5) is 0 Å². The second kappa shape index (κ2) is 10.1. The largest absolute Gasteiger partial charge is 0.459 e. The number of aliphatic hydroxyl groups excluding tert-OH is 1. The molecule has 0 spiro atoms. The Morgan fingerprint density at radius 3 is 2.48 bits per heavy atom. The maximum Gasteiger partial charge on any atom is 0.234 e. The number of benzene rings is 2. The number of piperidine rings is 1. The van der Waals surface area contributed by atoms with Gasteiger partial charge in [-0.25, -0.2) is 0 Å². The van der Waals surface area contributed by atoms with Gasteiger partial charge in [0.2, 0.25) is 5.91 Å². The van der Waals surface area contributed by atoms with E-state index in [2.05, 4.69) is 10.2 Å². The van der Waals surface area contributed by atoms with Crippen LogP contribution in [0.5, 0.6) is 0 Å². The summed E-state index contributed by atoms with van der Waals surface area (Å²) in [6.07, 6.45) is 1.32. The lowest BCUT2D eigenvalue weighted by Gasteiger charge is -2.33. The highest BCUT2D eigenvalue weighted by Gasteiger charge is 2.26. The van der Waals surface area contributed by atoms with Gasteiger partial charge >= 0.3 is 0 Å². The van der Waals surface area contributed by atoms with Crippen molar-refractivity contribution in [1.82, 2.24) is 10.2 Å². The first-order chi connectivity index (χ1) is 15.1. The van der Waals surface area contributed by atoms with Crippen molar-refractivity contribution in [3.8, 4) is 11.3 Å². The average molecular weight is 439 g/mol. The topological polar surface area (TPSA) is 65.7 Å². The van der Waals surface area contributed by atoms with Gasteiger partial charge in [-0.2, -0.15) is 0 Å². The minimum absolute atomic E-state index is 0.0218. The van der Waals surface area contributed by atoms with Crippen LogP contribution < -0.4 is 5.32 Å². The summed E-state index contributed by atoms with van der Waals surface area (Å²) in [4.78, 5) is 14.5. The molecule has 5 nitrogen and oxygen atoms in total.